The number of amides is 1. The highest BCUT2D eigenvalue weighted by Crippen LogP contribution is 2.15. The lowest BCUT2D eigenvalue weighted by atomic mass is 10.3. The van der Waals surface area contributed by atoms with Crippen LogP contribution in [0, 0.1) is 17.7 Å². The molecule has 2 aromatic rings. The molecule has 2 aromatic heterocycles. The van der Waals surface area contributed by atoms with Crippen molar-refractivity contribution in [3.63, 3.8) is 0 Å². The van der Waals surface area contributed by atoms with E-state index in [0.29, 0.717) is 13.0 Å². The minimum Gasteiger partial charge on any atom is -0.395 e. The molecule has 0 unspecified atom stereocenters. The lowest BCUT2D eigenvalue weighted by Gasteiger charge is -2.02. The van der Waals surface area contributed by atoms with Crippen LogP contribution < -0.4 is 5.32 Å². The van der Waals surface area contributed by atoms with Crippen molar-refractivity contribution in [1.82, 2.24) is 10.3 Å². The Hall–Kier alpha value is -2.23. The van der Waals surface area contributed by atoms with Gasteiger partial charge in [-0.05, 0) is 24.3 Å². The summed E-state index contributed by atoms with van der Waals surface area (Å²) < 4.78 is 12.7. The van der Waals surface area contributed by atoms with Gasteiger partial charge < -0.3 is 10.4 Å². The molecule has 1 amide bonds. The zero-order valence-electron chi connectivity index (χ0n) is 11.1. The molecule has 21 heavy (non-hydrogen) atoms. The Kier molecular flexibility index (Phi) is 5.43. The van der Waals surface area contributed by atoms with Crippen molar-refractivity contribution in [2.45, 2.75) is 13.0 Å². The third-order valence-corrected chi connectivity index (χ3v) is 3.49. The van der Waals surface area contributed by atoms with E-state index >= 15 is 0 Å². The summed E-state index contributed by atoms with van der Waals surface area (Å²) in [4.78, 5) is 17.4. The van der Waals surface area contributed by atoms with Gasteiger partial charge in [0.2, 0.25) is 0 Å². The summed E-state index contributed by atoms with van der Waals surface area (Å²) >= 11 is 1.47. The minimum atomic E-state index is -0.476. The summed E-state index contributed by atoms with van der Waals surface area (Å²) in [5, 5.41) is 11.4. The summed E-state index contributed by atoms with van der Waals surface area (Å²) in [6, 6.07) is 6.28. The van der Waals surface area contributed by atoms with Crippen molar-refractivity contribution in [2.75, 3.05) is 6.61 Å². The fourth-order valence-electron chi connectivity index (χ4n) is 1.51. The highest BCUT2D eigenvalue weighted by atomic mass is 32.1. The summed E-state index contributed by atoms with van der Waals surface area (Å²) in [7, 11) is 0. The van der Waals surface area contributed by atoms with Gasteiger partial charge in [-0.1, -0.05) is 11.8 Å². The van der Waals surface area contributed by atoms with Crippen LogP contribution in [-0.2, 0) is 6.54 Å². The summed E-state index contributed by atoms with van der Waals surface area (Å²) in [5.74, 6) is 4.94. The molecule has 0 saturated carbocycles. The molecular formula is C15H13FN2O2S. The van der Waals surface area contributed by atoms with Crippen LogP contribution >= 0.6 is 11.3 Å². The van der Waals surface area contributed by atoms with Gasteiger partial charge in [0.25, 0.3) is 5.91 Å². The molecule has 0 atom stereocenters. The first-order valence-corrected chi connectivity index (χ1v) is 7.09. The average Bonchev–Trinajstić information content (AvgIpc) is 2.94. The predicted octanol–water partition coefficient (Wildman–Crippen LogP) is 1.95. The smallest absolute Gasteiger partial charge is 0.270 e. The molecular weight excluding hydrogens is 291 g/mol. The number of carbonyl (C=O) groups is 1. The monoisotopic (exact) mass is 304 g/mol. The zero-order valence-corrected chi connectivity index (χ0v) is 11.9. The van der Waals surface area contributed by atoms with E-state index in [1.54, 1.807) is 0 Å². The van der Waals surface area contributed by atoms with Crippen molar-refractivity contribution in [2.24, 2.45) is 0 Å². The van der Waals surface area contributed by atoms with Crippen LogP contribution in [0.1, 0.15) is 26.7 Å². The normalized spacial score (nSPS) is 9.81. The molecule has 0 aliphatic carbocycles. The molecule has 0 aliphatic heterocycles. The second kappa shape index (κ2) is 7.53. The molecule has 108 valence electrons. The van der Waals surface area contributed by atoms with E-state index in [-0.39, 0.29) is 18.2 Å². The van der Waals surface area contributed by atoms with E-state index in [9.17, 15) is 9.18 Å². The second-order valence-corrected chi connectivity index (χ2v) is 5.25. The third-order valence-electron chi connectivity index (χ3n) is 2.49. The zero-order chi connectivity index (χ0) is 15.1. The van der Waals surface area contributed by atoms with Gasteiger partial charge in [0, 0.05) is 11.3 Å². The number of aromatic nitrogens is 1. The Morgan fingerprint density at radius 3 is 2.95 bits per heavy atom. The van der Waals surface area contributed by atoms with Gasteiger partial charge in [-0.3, -0.25) is 4.79 Å². The molecule has 4 nitrogen and oxygen atoms in total. The molecule has 0 radical (unpaired) electrons. The van der Waals surface area contributed by atoms with E-state index in [1.165, 1.54) is 23.5 Å². The number of pyridine rings is 1. The fraction of sp³-hybridized carbons (Fsp3) is 0.200. The van der Waals surface area contributed by atoms with Gasteiger partial charge >= 0.3 is 0 Å². The Labute approximate surface area is 125 Å². The Morgan fingerprint density at radius 2 is 2.24 bits per heavy atom. The average molecular weight is 304 g/mol. The highest BCUT2D eigenvalue weighted by molar-refractivity contribution is 7.12. The van der Waals surface area contributed by atoms with Crippen LogP contribution in [0.15, 0.2) is 30.5 Å². The standard InChI is InChI=1S/C15H13FN2O2S/c16-11-4-7-14(17-9-11)15(20)18-10-13-6-5-12(21-13)3-1-2-8-19/h4-7,9,19H,2,8,10H2,(H,18,20). The molecule has 0 aromatic carbocycles. The number of hydrogen-bond acceptors (Lipinski definition) is 4. The van der Waals surface area contributed by atoms with E-state index in [2.05, 4.69) is 22.1 Å². The SMILES string of the molecule is O=C(NCc1ccc(C#CCCO)s1)c1ccc(F)cn1. The second-order valence-electron chi connectivity index (χ2n) is 4.09. The number of thiophene rings is 1. The maximum atomic E-state index is 12.7. The largest absolute Gasteiger partial charge is 0.395 e. The van der Waals surface area contributed by atoms with Gasteiger partial charge in [-0.15, -0.1) is 11.3 Å². The first kappa shape index (κ1) is 15.2. The molecule has 0 saturated heterocycles. The minimum absolute atomic E-state index is 0.0476. The van der Waals surface area contributed by atoms with Gasteiger partial charge in [-0.25, -0.2) is 9.37 Å². The van der Waals surface area contributed by atoms with Crippen LogP contribution in [0.3, 0.4) is 0 Å². The van der Waals surface area contributed by atoms with E-state index in [1.807, 2.05) is 12.1 Å². The predicted molar refractivity (Wildman–Crippen MR) is 78.3 cm³/mol. The molecule has 0 bridgehead atoms. The number of aliphatic hydroxyl groups excluding tert-OH is 1. The number of halogens is 1. The van der Waals surface area contributed by atoms with Crippen molar-refractivity contribution in [3.05, 3.63) is 51.7 Å². The lowest BCUT2D eigenvalue weighted by Crippen LogP contribution is -2.23. The summed E-state index contributed by atoms with van der Waals surface area (Å²) in [6.45, 7) is 0.413. The van der Waals surface area contributed by atoms with Gasteiger partial charge in [-0.2, -0.15) is 0 Å². The van der Waals surface area contributed by atoms with Crippen LogP contribution in [0.25, 0.3) is 0 Å². The van der Waals surface area contributed by atoms with Crippen LogP contribution in [0.5, 0.6) is 0 Å². The Balaban J connectivity index is 1.90. The van der Waals surface area contributed by atoms with Crippen molar-refractivity contribution in [3.8, 4) is 11.8 Å². The number of nitrogens with zero attached hydrogens (tertiary/aromatic N) is 1. The molecule has 2 rings (SSSR count). The van der Waals surface area contributed by atoms with Gasteiger partial charge in [0.15, 0.2) is 0 Å². The van der Waals surface area contributed by atoms with Crippen LogP contribution in [0.4, 0.5) is 4.39 Å². The number of aliphatic hydroxyl groups is 1. The maximum Gasteiger partial charge on any atom is 0.270 e. The van der Waals surface area contributed by atoms with Gasteiger partial charge in [0.1, 0.15) is 11.5 Å². The number of hydrogen-bond donors (Lipinski definition) is 2. The molecule has 0 spiro atoms. The van der Waals surface area contributed by atoms with Crippen LogP contribution in [0.2, 0.25) is 0 Å². The van der Waals surface area contributed by atoms with Crippen molar-refractivity contribution >= 4 is 17.2 Å². The van der Waals surface area contributed by atoms with E-state index in [0.717, 1.165) is 16.0 Å². The fourth-order valence-corrected chi connectivity index (χ4v) is 2.34. The van der Waals surface area contributed by atoms with E-state index < -0.39 is 5.82 Å². The lowest BCUT2D eigenvalue weighted by molar-refractivity contribution is 0.0946. The molecule has 0 fully saturated rings. The quantitative estimate of drug-likeness (QED) is 0.849. The molecule has 0 aliphatic rings. The molecule has 2 N–H and O–H groups in total. The molecule has 6 heteroatoms. The van der Waals surface area contributed by atoms with E-state index in [4.69, 9.17) is 5.11 Å². The Bertz CT molecular complexity index is 671. The van der Waals surface area contributed by atoms with Gasteiger partial charge in [0.05, 0.1) is 24.2 Å². The Morgan fingerprint density at radius 1 is 1.38 bits per heavy atom. The molecule has 2 heterocycles. The van der Waals surface area contributed by atoms with Crippen molar-refractivity contribution < 1.29 is 14.3 Å². The number of rotatable bonds is 4. The van der Waals surface area contributed by atoms with Crippen molar-refractivity contribution in [1.29, 1.82) is 0 Å². The summed E-state index contributed by atoms with van der Waals surface area (Å²) in [5.41, 5.74) is 0.177. The topological polar surface area (TPSA) is 62.2 Å². The van der Waals surface area contributed by atoms with Crippen LogP contribution in [-0.4, -0.2) is 22.6 Å². The number of carbonyl (C=O) groups excluding carboxylic acids is 1. The highest BCUT2D eigenvalue weighted by Gasteiger charge is 2.07. The third kappa shape index (κ3) is 4.67. The number of nitrogens with one attached hydrogen (secondary N) is 1. The maximum absolute atomic E-state index is 12.7. The first-order chi connectivity index (χ1) is 10.2. The summed E-state index contributed by atoms with van der Waals surface area (Å²) in [6.07, 6.45) is 1.45. The first-order valence-electron chi connectivity index (χ1n) is 6.27.